The number of aromatic nitrogens is 5. The van der Waals surface area contributed by atoms with E-state index in [0.717, 1.165) is 11.1 Å². The Morgan fingerprint density at radius 3 is 3.11 bits per heavy atom. The lowest BCUT2D eigenvalue weighted by molar-refractivity contribution is 0.417. The summed E-state index contributed by atoms with van der Waals surface area (Å²) >= 11 is 0. The molecule has 0 radical (unpaired) electrons. The van der Waals surface area contributed by atoms with Crippen LogP contribution < -0.4 is 5.32 Å². The molecule has 19 heavy (non-hydrogen) atoms. The molecular formula is C12H14N6O. The fourth-order valence-corrected chi connectivity index (χ4v) is 1.73. The second kappa shape index (κ2) is 4.77. The summed E-state index contributed by atoms with van der Waals surface area (Å²) in [6.45, 7) is 4.72. The first-order chi connectivity index (χ1) is 9.24. The van der Waals surface area contributed by atoms with Crippen LogP contribution in [0.25, 0.3) is 17.0 Å². The lowest BCUT2D eigenvalue weighted by Crippen LogP contribution is -2.22. The maximum Gasteiger partial charge on any atom is 0.261 e. The second-order valence-corrected chi connectivity index (χ2v) is 4.52. The molecule has 0 aliphatic heterocycles. The zero-order valence-electron chi connectivity index (χ0n) is 10.7. The van der Waals surface area contributed by atoms with Crippen LogP contribution in [-0.4, -0.2) is 30.8 Å². The van der Waals surface area contributed by atoms with Crippen molar-refractivity contribution in [3.63, 3.8) is 0 Å². The highest BCUT2D eigenvalue weighted by Crippen LogP contribution is 2.21. The molecule has 0 aromatic carbocycles. The summed E-state index contributed by atoms with van der Waals surface area (Å²) in [5.74, 6) is 1.09. The molecule has 0 fully saturated rings. The van der Waals surface area contributed by atoms with Crippen molar-refractivity contribution in [2.24, 2.45) is 0 Å². The summed E-state index contributed by atoms with van der Waals surface area (Å²) in [4.78, 5) is 8.43. The van der Waals surface area contributed by atoms with E-state index >= 15 is 0 Å². The minimum Gasteiger partial charge on any atom is -0.334 e. The van der Waals surface area contributed by atoms with Crippen LogP contribution in [0.2, 0.25) is 0 Å². The van der Waals surface area contributed by atoms with Gasteiger partial charge in [-0.15, -0.1) is 0 Å². The fraction of sp³-hybridized carbons (Fsp3) is 0.333. The highest BCUT2D eigenvalue weighted by Gasteiger charge is 2.14. The van der Waals surface area contributed by atoms with Crippen molar-refractivity contribution in [3.8, 4) is 11.5 Å². The van der Waals surface area contributed by atoms with Crippen molar-refractivity contribution < 1.29 is 4.52 Å². The molecule has 0 bridgehead atoms. The lowest BCUT2D eigenvalue weighted by atomic mass is 10.3. The zero-order chi connectivity index (χ0) is 13.2. The van der Waals surface area contributed by atoms with E-state index in [-0.39, 0.29) is 0 Å². The standard InChI is InChI=1S/C12H14N6O/c1-8(2)14-7-11-16-12(19-17-11)9-5-15-18-4-3-13-6-10(9)18/h3-6,8,14H,7H2,1-2H3. The van der Waals surface area contributed by atoms with Crippen LogP contribution in [0, 0.1) is 0 Å². The molecule has 3 heterocycles. The molecule has 0 spiro atoms. The Morgan fingerprint density at radius 1 is 1.37 bits per heavy atom. The van der Waals surface area contributed by atoms with Crippen LogP contribution in [0.1, 0.15) is 19.7 Å². The van der Waals surface area contributed by atoms with Gasteiger partial charge in [0.1, 0.15) is 0 Å². The van der Waals surface area contributed by atoms with Gasteiger partial charge in [0, 0.05) is 18.4 Å². The van der Waals surface area contributed by atoms with Gasteiger partial charge in [-0.3, -0.25) is 4.98 Å². The van der Waals surface area contributed by atoms with Gasteiger partial charge in [-0.05, 0) is 0 Å². The minimum atomic E-state index is 0.378. The average Bonchev–Trinajstić information content (AvgIpc) is 3.02. The van der Waals surface area contributed by atoms with E-state index in [1.54, 1.807) is 29.3 Å². The van der Waals surface area contributed by atoms with E-state index in [1.807, 2.05) is 0 Å². The summed E-state index contributed by atoms with van der Waals surface area (Å²) in [7, 11) is 0. The van der Waals surface area contributed by atoms with Gasteiger partial charge in [-0.1, -0.05) is 19.0 Å². The van der Waals surface area contributed by atoms with Gasteiger partial charge in [0.25, 0.3) is 5.89 Å². The SMILES string of the molecule is CC(C)NCc1noc(-c2cnn3ccncc23)n1. The molecule has 0 saturated carbocycles. The molecular weight excluding hydrogens is 244 g/mol. The van der Waals surface area contributed by atoms with Gasteiger partial charge >= 0.3 is 0 Å². The maximum atomic E-state index is 5.27. The van der Waals surface area contributed by atoms with Gasteiger partial charge < -0.3 is 9.84 Å². The van der Waals surface area contributed by atoms with Gasteiger partial charge in [-0.25, -0.2) is 4.52 Å². The third-order valence-corrected chi connectivity index (χ3v) is 2.69. The van der Waals surface area contributed by atoms with Crippen LogP contribution in [0.5, 0.6) is 0 Å². The summed E-state index contributed by atoms with van der Waals surface area (Å²) in [6.07, 6.45) is 6.87. The molecule has 98 valence electrons. The Balaban J connectivity index is 1.90. The third kappa shape index (κ3) is 2.32. The molecule has 3 aromatic heterocycles. The molecule has 7 nitrogen and oxygen atoms in total. The highest BCUT2D eigenvalue weighted by atomic mass is 16.5. The van der Waals surface area contributed by atoms with Crippen LogP contribution in [-0.2, 0) is 6.54 Å². The smallest absolute Gasteiger partial charge is 0.261 e. The zero-order valence-corrected chi connectivity index (χ0v) is 10.7. The molecule has 0 saturated heterocycles. The largest absolute Gasteiger partial charge is 0.334 e. The molecule has 0 amide bonds. The molecule has 3 aromatic rings. The minimum absolute atomic E-state index is 0.378. The summed E-state index contributed by atoms with van der Waals surface area (Å²) in [5, 5.41) is 11.4. The first-order valence-corrected chi connectivity index (χ1v) is 6.08. The predicted molar refractivity (Wildman–Crippen MR) is 68.3 cm³/mol. The van der Waals surface area contributed by atoms with E-state index in [4.69, 9.17) is 4.52 Å². The fourth-order valence-electron chi connectivity index (χ4n) is 1.73. The number of hydrogen-bond donors (Lipinski definition) is 1. The van der Waals surface area contributed by atoms with Crippen LogP contribution in [0.4, 0.5) is 0 Å². The Kier molecular flexibility index (Phi) is 2.96. The van der Waals surface area contributed by atoms with Crippen molar-refractivity contribution in [1.82, 2.24) is 30.1 Å². The maximum absolute atomic E-state index is 5.27. The molecule has 7 heteroatoms. The molecule has 0 aliphatic rings. The van der Waals surface area contributed by atoms with Crippen molar-refractivity contribution in [2.75, 3.05) is 0 Å². The Labute approximate surface area is 109 Å². The number of nitrogens with one attached hydrogen (secondary N) is 1. The van der Waals surface area contributed by atoms with Gasteiger partial charge in [0.2, 0.25) is 0 Å². The number of rotatable bonds is 4. The van der Waals surface area contributed by atoms with Gasteiger partial charge in [-0.2, -0.15) is 10.1 Å². The molecule has 0 atom stereocenters. The monoisotopic (exact) mass is 258 g/mol. The predicted octanol–water partition coefficient (Wildman–Crippen LogP) is 1.28. The molecule has 0 aliphatic carbocycles. The number of nitrogens with zero attached hydrogens (tertiary/aromatic N) is 5. The molecule has 1 N–H and O–H groups in total. The first-order valence-electron chi connectivity index (χ1n) is 6.08. The quantitative estimate of drug-likeness (QED) is 0.759. The normalized spacial score (nSPS) is 11.5. The lowest BCUT2D eigenvalue weighted by Gasteiger charge is -2.03. The summed E-state index contributed by atoms with van der Waals surface area (Å²) in [5.41, 5.74) is 1.63. The van der Waals surface area contributed by atoms with Crippen LogP contribution >= 0.6 is 0 Å². The van der Waals surface area contributed by atoms with E-state index in [0.29, 0.717) is 24.3 Å². The van der Waals surface area contributed by atoms with Crippen molar-refractivity contribution >= 4 is 5.52 Å². The molecule has 0 unspecified atom stereocenters. The summed E-state index contributed by atoms with van der Waals surface area (Å²) < 4.78 is 6.99. The van der Waals surface area contributed by atoms with E-state index in [9.17, 15) is 0 Å². The highest BCUT2D eigenvalue weighted by molar-refractivity contribution is 5.73. The van der Waals surface area contributed by atoms with E-state index in [1.165, 1.54) is 0 Å². The van der Waals surface area contributed by atoms with Crippen LogP contribution in [0.3, 0.4) is 0 Å². The third-order valence-electron chi connectivity index (χ3n) is 2.69. The van der Waals surface area contributed by atoms with Crippen LogP contribution in [0.15, 0.2) is 29.3 Å². The number of fused-ring (bicyclic) bond motifs is 1. The Hall–Kier alpha value is -2.28. The second-order valence-electron chi connectivity index (χ2n) is 4.52. The summed E-state index contributed by atoms with van der Waals surface area (Å²) in [6, 6.07) is 0.378. The number of hydrogen-bond acceptors (Lipinski definition) is 6. The Bertz CT molecular complexity index is 686. The first kappa shape index (κ1) is 11.8. The van der Waals surface area contributed by atoms with Crippen molar-refractivity contribution in [2.45, 2.75) is 26.4 Å². The molecule has 3 rings (SSSR count). The average molecular weight is 258 g/mol. The van der Waals surface area contributed by atoms with Crippen molar-refractivity contribution in [1.29, 1.82) is 0 Å². The topological polar surface area (TPSA) is 81.1 Å². The Morgan fingerprint density at radius 2 is 2.26 bits per heavy atom. The van der Waals surface area contributed by atoms with Gasteiger partial charge in [0.05, 0.1) is 30.0 Å². The van der Waals surface area contributed by atoms with Gasteiger partial charge in [0.15, 0.2) is 5.82 Å². The van der Waals surface area contributed by atoms with Crippen molar-refractivity contribution in [3.05, 3.63) is 30.6 Å². The van der Waals surface area contributed by atoms with E-state index in [2.05, 4.69) is 39.4 Å². The van der Waals surface area contributed by atoms with E-state index < -0.39 is 0 Å².